The summed E-state index contributed by atoms with van der Waals surface area (Å²) in [6.45, 7) is 4.08. The fourth-order valence-electron chi connectivity index (χ4n) is 5.30. The Balaban J connectivity index is 1.54. The molecule has 172 valence electrons. The summed E-state index contributed by atoms with van der Waals surface area (Å²) < 4.78 is 7.78. The number of anilines is 1. The number of ether oxygens (including phenoxy) is 1. The lowest BCUT2D eigenvalue weighted by Crippen LogP contribution is -2.49. The predicted octanol–water partition coefficient (Wildman–Crippen LogP) is 4.17. The lowest BCUT2D eigenvalue weighted by Gasteiger charge is -2.42. The molecular formula is C26H30N4O3. The van der Waals surface area contributed by atoms with Crippen LogP contribution < -0.4 is 9.64 Å². The van der Waals surface area contributed by atoms with Gasteiger partial charge in [-0.2, -0.15) is 0 Å². The Labute approximate surface area is 193 Å². The number of carbonyl (C=O) groups is 2. The average Bonchev–Trinajstić information content (AvgIpc) is 3.42. The highest BCUT2D eigenvalue weighted by atomic mass is 16.5. The maximum absolute atomic E-state index is 14.0. The largest absolute Gasteiger partial charge is 0.496 e. The van der Waals surface area contributed by atoms with E-state index in [0.29, 0.717) is 37.6 Å². The number of methoxy groups -OCH3 is 1. The normalized spacial score (nSPS) is 20.4. The number of rotatable bonds is 6. The number of nitrogens with zero attached hydrogens (tertiary/aromatic N) is 4. The molecule has 0 aliphatic carbocycles. The van der Waals surface area contributed by atoms with Gasteiger partial charge in [0.25, 0.3) is 0 Å². The van der Waals surface area contributed by atoms with E-state index < -0.39 is 0 Å². The van der Waals surface area contributed by atoms with Crippen LogP contribution in [0.3, 0.4) is 0 Å². The van der Waals surface area contributed by atoms with Crippen LogP contribution in [0.25, 0.3) is 11.0 Å². The number of unbranched alkanes of at least 4 members (excludes halogenated alkanes) is 1. The van der Waals surface area contributed by atoms with Gasteiger partial charge < -0.3 is 14.2 Å². The molecule has 2 aromatic carbocycles. The standard InChI is InChI=1S/C26H30N4O3/c1-3-4-15-29-23(31)14-13-19(24(29)18-9-5-8-12-22(18)33-2)25(32)30-17-16-28-21-11-7-6-10-20(21)27-26(28)30/h5-12,19,24H,3-4,13-17H2,1-2H3. The zero-order chi connectivity index (χ0) is 22.9. The molecule has 7 nitrogen and oxygen atoms in total. The maximum Gasteiger partial charge on any atom is 0.234 e. The van der Waals surface area contributed by atoms with Crippen molar-refractivity contribution in [1.82, 2.24) is 14.5 Å². The number of imidazole rings is 1. The third-order valence-corrected chi connectivity index (χ3v) is 6.92. The number of fused-ring (bicyclic) bond motifs is 3. The van der Waals surface area contributed by atoms with Crippen LogP contribution in [0.4, 0.5) is 5.95 Å². The van der Waals surface area contributed by atoms with E-state index in [1.54, 1.807) is 7.11 Å². The Hall–Kier alpha value is -3.35. The van der Waals surface area contributed by atoms with Gasteiger partial charge in [0, 0.05) is 31.6 Å². The van der Waals surface area contributed by atoms with Crippen LogP contribution in [0, 0.1) is 5.92 Å². The first kappa shape index (κ1) is 21.5. The zero-order valence-corrected chi connectivity index (χ0v) is 19.2. The van der Waals surface area contributed by atoms with Crippen molar-refractivity contribution < 1.29 is 14.3 Å². The Morgan fingerprint density at radius 1 is 1.12 bits per heavy atom. The predicted molar refractivity (Wildman–Crippen MR) is 127 cm³/mol. The molecule has 3 heterocycles. The van der Waals surface area contributed by atoms with Gasteiger partial charge in [0.1, 0.15) is 5.75 Å². The highest BCUT2D eigenvalue weighted by Gasteiger charge is 2.44. The second kappa shape index (κ2) is 8.89. The molecule has 0 radical (unpaired) electrons. The molecule has 2 atom stereocenters. The van der Waals surface area contributed by atoms with E-state index in [1.807, 2.05) is 58.3 Å². The molecule has 2 amide bonds. The van der Waals surface area contributed by atoms with Crippen LogP contribution in [-0.2, 0) is 16.1 Å². The first-order valence-corrected chi connectivity index (χ1v) is 11.8. The van der Waals surface area contributed by atoms with Crippen molar-refractivity contribution >= 4 is 28.8 Å². The summed E-state index contributed by atoms with van der Waals surface area (Å²) >= 11 is 0. The van der Waals surface area contributed by atoms with E-state index in [2.05, 4.69) is 11.5 Å². The van der Waals surface area contributed by atoms with Gasteiger partial charge in [-0.25, -0.2) is 4.98 Å². The summed E-state index contributed by atoms with van der Waals surface area (Å²) in [5.41, 5.74) is 2.84. The topological polar surface area (TPSA) is 67.7 Å². The number of amides is 2. The zero-order valence-electron chi connectivity index (χ0n) is 19.2. The van der Waals surface area contributed by atoms with E-state index in [9.17, 15) is 9.59 Å². The van der Waals surface area contributed by atoms with Crippen LogP contribution in [-0.4, -0.2) is 46.5 Å². The van der Waals surface area contributed by atoms with Crippen molar-refractivity contribution in [2.45, 2.75) is 45.2 Å². The van der Waals surface area contributed by atoms with E-state index in [0.717, 1.165) is 36.0 Å². The number of likely N-dealkylation sites (tertiary alicyclic amines) is 1. The van der Waals surface area contributed by atoms with Gasteiger partial charge in [0.2, 0.25) is 17.8 Å². The smallest absolute Gasteiger partial charge is 0.234 e. The highest BCUT2D eigenvalue weighted by Crippen LogP contribution is 2.42. The summed E-state index contributed by atoms with van der Waals surface area (Å²) in [4.78, 5) is 35.6. The van der Waals surface area contributed by atoms with Gasteiger partial charge in [0.15, 0.2) is 0 Å². The van der Waals surface area contributed by atoms with Crippen molar-refractivity contribution in [3.8, 4) is 5.75 Å². The summed E-state index contributed by atoms with van der Waals surface area (Å²) in [5, 5.41) is 0. The number of benzene rings is 2. The van der Waals surface area contributed by atoms with Gasteiger partial charge in [-0.15, -0.1) is 0 Å². The van der Waals surface area contributed by atoms with Crippen LogP contribution in [0.2, 0.25) is 0 Å². The fourth-order valence-corrected chi connectivity index (χ4v) is 5.30. The van der Waals surface area contributed by atoms with Crippen LogP contribution >= 0.6 is 0 Å². The quantitative estimate of drug-likeness (QED) is 0.570. The molecule has 1 saturated heterocycles. The summed E-state index contributed by atoms with van der Waals surface area (Å²) in [6, 6.07) is 15.4. The molecule has 0 spiro atoms. The minimum absolute atomic E-state index is 0.0361. The van der Waals surface area contributed by atoms with E-state index >= 15 is 0 Å². The number of para-hydroxylation sites is 3. The Morgan fingerprint density at radius 3 is 2.73 bits per heavy atom. The van der Waals surface area contributed by atoms with E-state index in [-0.39, 0.29) is 23.8 Å². The molecule has 33 heavy (non-hydrogen) atoms. The average molecular weight is 447 g/mol. The Kier molecular flexibility index (Phi) is 5.79. The fraction of sp³-hybridized carbons (Fsp3) is 0.423. The molecule has 2 aliphatic heterocycles. The van der Waals surface area contributed by atoms with Crippen molar-refractivity contribution in [3.05, 3.63) is 54.1 Å². The van der Waals surface area contributed by atoms with Gasteiger partial charge in [-0.1, -0.05) is 43.7 Å². The Bertz CT molecular complexity index is 1190. The maximum atomic E-state index is 14.0. The molecule has 1 fully saturated rings. The third-order valence-electron chi connectivity index (χ3n) is 6.92. The number of aromatic nitrogens is 2. The third kappa shape index (κ3) is 3.65. The van der Waals surface area contributed by atoms with Gasteiger partial charge in [-0.3, -0.25) is 14.5 Å². The minimum Gasteiger partial charge on any atom is -0.496 e. The summed E-state index contributed by atoms with van der Waals surface area (Å²) in [6.07, 6.45) is 2.80. The molecule has 0 N–H and O–H groups in total. The second-order valence-electron chi connectivity index (χ2n) is 8.81. The molecule has 0 bridgehead atoms. The van der Waals surface area contributed by atoms with Crippen molar-refractivity contribution in [2.75, 3.05) is 25.1 Å². The molecule has 5 rings (SSSR count). The minimum atomic E-state index is -0.347. The lowest BCUT2D eigenvalue weighted by molar-refractivity contribution is -0.142. The molecule has 3 aromatic rings. The Morgan fingerprint density at radius 2 is 1.91 bits per heavy atom. The monoisotopic (exact) mass is 446 g/mol. The lowest BCUT2D eigenvalue weighted by atomic mass is 9.82. The molecule has 1 aromatic heterocycles. The van der Waals surface area contributed by atoms with Crippen molar-refractivity contribution in [3.63, 3.8) is 0 Å². The number of carbonyl (C=O) groups excluding carboxylic acids is 2. The molecule has 7 heteroatoms. The summed E-state index contributed by atoms with van der Waals surface area (Å²) in [7, 11) is 1.64. The molecule has 2 unspecified atom stereocenters. The second-order valence-corrected chi connectivity index (χ2v) is 8.81. The number of hydrogen-bond acceptors (Lipinski definition) is 4. The highest BCUT2D eigenvalue weighted by molar-refractivity contribution is 5.98. The van der Waals surface area contributed by atoms with Crippen molar-refractivity contribution in [1.29, 1.82) is 0 Å². The van der Waals surface area contributed by atoms with E-state index in [1.165, 1.54) is 0 Å². The van der Waals surface area contributed by atoms with Crippen LogP contribution in [0.5, 0.6) is 5.75 Å². The molecular weight excluding hydrogens is 416 g/mol. The molecule has 0 saturated carbocycles. The first-order chi connectivity index (χ1) is 16.1. The first-order valence-electron chi connectivity index (χ1n) is 11.8. The van der Waals surface area contributed by atoms with Gasteiger partial charge in [0.05, 0.1) is 30.1 Å². The van der Waals surface area contributed by atoms with Gasteiger partial charge >= 0.3 is 0 Å². The SMILES string of the molecule is CCCCN1C(=O)CCC(C(=O)N2CCn3c2nc2ccccc23)C1c1ccccc1OC. The van der Waals surface area contributed by atoms with Crippen molar-refractivity contribution in [2.24, 2.45) is 5.92 Å². The van der Waals surface area contributed by atoms with Crippen LogP contribution in [0.1, 0.15) is 44.2 Å². The summed E-state index contributed by atoms with van der Waals surface area (Å²) in [5.74, 6) is 1.22. The van der Waals surface area contributed by atoms with Gasteiger partial charge in [-0.05, 0) is 31.0 Å². The number of piperidine rings is 1. The molecule has 2 aliphatic rings. The number of hydrogen-bond donors (Lipinski definition) is 0. The van der Waals surface area contributed by atoms with E-state index in [4.69, 9.17) is 9.72 Å². The van der Waals surface area contributed by atoms with Crippen LogP contribution in [0.15, 0.2) is 48.5 Å².